The van der Waals surface area contributed by atoms with Crippen LogP contribution in [-0.4, -0.2) is 10.2 Å². The maximum Gasteiger partial charge on any atom is 0.159 e. The lowest BCUT2D eigenvalue weighted by Crippen LogP contribution is -1.83. The van der Waals surface area contributed by atoms with Gasteiger partial charge in [-0.2, -0.15) is 0 Å². The van der Waals surface area contributed by atoms with E-state index >= 15 is 0 Å². The van der Waals surface area contributed by atoms with E-state index in [1.165, 1.54) is 18.2 Å². The molecule has 4 heteroatoms. The lowest BCUT2D eigenvalue weighted by atomic mass is 10.1. The molecule has 0 aromatic heterocycles. The van der Waals surface area contributed by atoms with Crippen LogP contribution in [0.2, 0.25) is 0 Å². The lowest BCUT2D eigenvalue weighted by molar-refractivity contribution is 0.403. The average molecular weight is 248 g/mol. The van der Waals surface area contributed by atoms with Crippen LogP contribution >= 0.6 is 0 Å². The molecule has 92 valence electrons. The molecule has 0 aliphatic rings. The van der Waals surface area contributed by atoms with Crippen molar-refractivity contribution in [1.29, 1.82) is 0 Å². The van der Waals surface area contributed by atoms with Gasteiger partial charge in [0.05, 0.1) is 0 Å². The molecule has 2 N–H and O–H groups in total. The normalized spacial score (nSPS) is 11.0. The van der Waals surface area contributed by atoms with Crippen LogP contribution in [0, 0.1) is 11.6 Å². The van der Waals surface area contributed by atoms with E-state index in [0.717, 1.165) is 12.1 Å². The molecule has 0 saturated carbocycles. The van der Waals surface area contributed by atoms with E-state index in [4.69, 9.17) is 5.11 Å². The predicted molar refractivity (Wildman–Crippen MR) is 65.1 cm³/mol. The maximum absolute atomic E-state index is 12.9. The van der Waals surface area contributed by atoms with Crippen molar-refractivity contribution >= 4 is 12.2 Å². The van der Waals surface area contributed by atoms with Crippen molar-refractivity contribution in [2.75, 3.05) is 0 Å². The minimum absolute atomic E-state index is 0.208. The number of phenolic OH excluding ortho intramolecular Hbond substituents is 2. The summed E-state index contributed by atoms with van der Waals surface area (Å²) in [4.78, 5) is 0. The van der Waals surface area contributed by atoms with Crippen LogP contribution in [0.1, 0.15) is 11.1 Å². The van der Waals surface area contributed by atoms with Crippen molar-refractivity contribution < 1.29 is 19.0 Å². The van der Waals surface area contributed by atoms with E-state index in [1.54, 1.807) is 18.2 Å². The molecule has 0 bridgehead atoms. The zero-order valence-corrected chi connectivity index (χ0v) is 9.27. The zero-order chi connectivity index (χ0) is 13.1. The molecule has 0 amide bonds. The van der Waals surface area contributed by atoms with Crippen LogP contribution in [0.4, 0.5) is 8.78 Å². The fourth-order valence-electron chi connectivity index (χ4n) is 1.45. The largest absolute Gasteiger partial charge is 0.504 e. The second kappa shape index (κ2) is 4.87. The Labute approximate surface area is 102 Å². The van der Waals surface area contributed by atoms with Gasteiger partial charge < -0.3 is 10.2 Å². The molecule has 0 unspecified atom stereocenters. The third-order valence-corrected chi connectivity index (χ3v) is 2.41. The van der Waals surface area contributed by atoms with Gasteiger partial charge in [0.25, 0.3) is 0 Å². The van der Waals surface area contributed by atoms with E-state index in [2.05, 4.69) is 0 Å². The van der Waals surface area contributed by atoms with Crippen LogP contribution in [-0.2, 0) is 0 Å². The third kappa shape index (κ3) is 2.66. The summed E-state index contributed by atoms with van der Waals surface area (Å²) in [7, 11) is 0. The van der Waals surface area contributed by atoms with Gasteiger partial charge in [0.2, 0.25) is 0 Å². The van der Waals surface area contributed by atoms with E-state index in [-0.39, 0.29) is 11.5 Å². The van der Waals surface area contributed by atoms with Gasteiger partial charge in [-0.3, -0.25) is 0 Å². The molecule has 2 nitrogen and oxygen atoms in total. The first-order valence-corrected chi connectivity index (χ1v) is 5.21. The van der Waals surface area contributed by atoms with Crippen molar-refractivity contribution in [2.24, 2.45) is 0 Å². The SMILES string of the molecule is Oc1ccc(C=Cc2ccc(F)c(F)c2)cc1O. The monoisotopic (exact) mass is 248 g/mol. The summed E-state index contributed by atoms with van der Waals surface area (Å²) in [5, 5.41) is 18.4. The topological polar surface area (TPSA) is 40.5 Å². The third-order valence-electron chi connectivity index (χ3n) is 2.41. The van der Waals surface area contributed by atoms with Crippen LogP contribution in [0.25, 0.3) is 12.2 Å². The van der Waals surface area contributed by atoms with E-state index < -0.39 is 11.6 Å². The molecular formula is C14H10F2O2. The van der Waals surface area contributed by atoms with Gasteiger partial charge in [0, 0.05) is 0 Å². The summed E-state index contributed by atoms with van der Waals surface area (Å²) >= 11 is 0. The van der Waals surface area contributed by atoms with Crippen molar-refractivity contribution in [3.63, 3.8) is 0 Å². The Morgan fingerprint density at radius 2 is 1.33 bits per heavy atom. The zero-order valence-electron chi connectivity index (χ0n) is 9.27. The summed E-state index contributed by atoms with van der Waals surface area (Å²) < 4.78 is 25.6. The van der Waals surface area contributed by atoms with E-state index in [1.807, 2.05) is 0 Å². The van der Waals surface area contributed by atoms with Gasteiger partial charge in [-0.25, -0.2) is 8.78 Å². The minimum Gasteiger partial charge on any atom is -0.504 e. The Kier molecular flexibility index (Phi) is 3.28. The van der Waals surface area contributed by atoms with Crippen molar-refractivity contribution in [2.45, 2.75) is 0 Å². The fourth-order valence-corrected chi connectivity index (χ4v) is 1.45. The summed E-state index contributed by atoms with van der Waals surface area (Å²) in [6.45, 7) is 0. The van der Waals surface area contributed by atoms with Gasteiger partial charge in [-0.05, 0) is 35.4 Å². The number of hydrogen-bond acceptors (Lipinski definition) is 2. The lowest BCUT2D eigenvalue weighted by Gasteiger charge is -1.99. The highest BCUT2D eigenvalue weighted by atomic mass is 19.2. The number of benzene rings is 2. The van der Waals surface area contributed by atoms with Crippen LogP contribution in [0.5, 0.6) is 11.5 Å². The molecule has 0 radical (unpaired) electrons. The Morgan fingerprint density at radius 1 is 0.722 bits per heavy atom. The first-order chi connectivity index (χ1) is 8.56. The first kappa shape index (κ1) is 12.1. The Balaban J connectivity index is 2.24. The predicted octanol–water partition coefficient (Wildman–Crippen LogP) is 3.55. The van der Waals surface area contributed by atoms with Gasteiger partial charge in [0.15, 0.2) is 23.1 Å². The number of aromatic hydroxyl groups is 2. The van der Waals surface area contributed by atoms with Gasteiger partial charge in [0.1, 0.15) is 0 Å². The Morgan fingerprint density at radius 3 is 1.94 bits per heavy atom. The standard InChI is InChI=1S/C14H10F2O2/c15-11-5-3-9(7-12(11)16)1-2-10-4-6-13(17)14(18)8-10/h1-8,17-18H. The molecule has 0 spiro atoms. The average Bonchev–Trinajstić information content (AvgIpc) is 2.35. The van der Waals surface area contributed by atoms with Gasteiger partial charge in [-0.1, -0.05) is 24.3 Å². The van der Waals surface area contributed by atoms with E-state index in [9.17, 15) is 13.9 Å². The van der Waals surface area contributed by atoms with E-state index in [0.29, 0.717) is 11.1 Å². The summed E-state index contributed by atoms with van der Waals surface area (Å²) in [5.41, 5.74) is 1.14. The molecule has 0 atom stereocenters. The highest BCUT2D eigenvalue weighted by molar-refractivity contribution is 5.70. The van der Waals surface area contributed by atoms with Crippen molar-refractivity contribution in [1.82, 2.24) is 0 Å². The summed E-state index contributed by atoms with van der Waals surface area (Å²) in [6.07, 6.45) is 3.19. The molecule has 18 heavy (non-hydrogen) atoms. The molecular weight excluding hydrogens is 238 g/mol. The van der Waals surface area contributed by atoms with Gasteiger partial charge >= 0.3 is 0 Å². The molecule has 2 aromatic rings. The minimum atomic E-state index is -0.911. The van der Waals surface area contributed by atoms with Gasteiger partial charge in [-0.15, -0.1) is 0 Å². The number of hydrogen-bond donors (Lipinski definition) is 2. The van der Waals surface area contributed by atoms with Crippen molar-refractivity contribution in [3.8, 4) is 11.5 Å². The number of phenols is 2. The smallest absolute Gasteiger partial charge is 0.159 e. The van der Waals surface area contributed by atoms with Crippen LogP contribution in [0.15, 0.2) is 36.4 Å². The first-order valence-electron chi connectivity index (χ1n) is 5.21. The molecule has 0 aliphatic heterocycles. The van der Waals surface area contributed by atoms with Crippen molar-refractivity contribution in [3.05, 3.63) is 59.2 Å². The quantitative estimate of drug-likeness (QED) is 0.630. The second-order valence-corrected chi connectivity index (χ2v) is 3.76. The highest BCUT2D eigenvalue weighted by Crippen LogP contribution is 2.25. The molecule has 0 aliphatic carbocycles. The molecule has 2 rings (SSSR count). The second-order valence-electron chi connectivity index (χ2n) is 3.76. The molecule has 0 fully saturated rings. The molecule has 2 aromatic carbocycles. The van der Waals surface area contributed by atoms with Crippen LogP contribution < -0.4 is 0 Å². The maximum atomic E-state index is 12.9. The molecule has 0 heterocycles. The highest BCUT2D eigenvalue weighted by Gasteiger charge is 2.01. The number of halogens is 2. The molecule has 0 saturated heterocycles. The summed E-state index contributed by atoms with van der Waals surface area (Å²) in [6, 6.07) is 7.86. The Bertz CT molecular complexity index is 553. The number of rotatable bonds is 2. The Hall–Kier alpha value is -2.36. The fraction of sp³-hybridized carbons (Fsp3) is 0. The summed E-state index contributed by atoms with van der Waals surface area (Å²) in [5.74, 6) is -2.25. The van der Waals surface area contributed by atoms with Crippen LogP contribution in [0.3, 0.4) is 0 Å².